The van der Waals surface area contributed by atoms with E-state index in [0.29, 0.717) is 27.8 Å². The summed E-state index contributed by atoms with van der Waals surface area (Å²) in [5, 5.41) is 0.616. The van der Waals surface area contributed by atoms with E-state index >= 15 is 0 Å². The van der Waals surface area contributed by atoms with Gasteiger partial charge >= 0.3 is 0 Å². The average molecular weight is 356 g/mol. The van der Waals surface area contributed by atoms with Crippen LogP contribution in [0.2, 0.25) is 0 Å². The van der Waals surface area contributed by atoms with Crippen molar-refractivity contribution in [3.8, 4) is 0 Å². The second-order valence-corrected chi connectivity index (χ2v) is 6.09. The van der Waals surface area contributed by atoms with Gasteiger partial charge in [-0.05, 0) is 25.1 Å². The number of amides is 1. The van der Waals surface area contributed by atoms with E-state index in [1.54, 1.807) is 25.1 Å². The molecule has 110 valence electrons. The molecule has 1 fully saturated rings. The maximum atomic E-state index is 13.1. The van der Waals surface area contributed by atoms with Crippen LogP contribution in [0.5, 0.6) is 0 Å². The number of benzene rings is 1. The zero-order valence-corrected chi connectivity index (χ0v) is 12.7. The molecule has 0 saturated carbocycles. The third kappa shape index (κ3) is 2.35. The summed E-state index contributed by atoms with van der Waals surface area (Å²) in [6, 6.07) is 5.26. The summed E-state index contributed by atoms with van der Waals surface area (Å²) in [5.41, 5.74) is 6.88. The Kier molecular flexibility index (Phi) is 3.12. The third-order valence-electron chi connectivity index (χ3n) is 3.56. The molecule has 2 aromatic rings. The number of rotatable bonds is 2. The van der Waals surface area contributed by atoms with E-state index < -0.39 is 11.8 Å². The average Bonchev–Trinajstić information content (AvgIpc) is 2.34. The van der Waals surface area contributed by atoms with Crippen LogP contribution in [0.4, 0.5) is 14.6 Å². The summed E-state index contributed by atoms with van der Waals surface area (Å²) in [6.07, 6.45) is 0. The van der Waals surface area contributed by atoms with Gasteiger partial charge in [0.25, 0.3) is 5.92 Å². The van der Waals surface area contributed by atoms with Crippen molar-refractivity contribution < 1.29 is 13.6 Å². The Balaban J connectivity index is 2.21. The molecule has 1 saturated heterocycles. The number of carbonyl (C=O) groups excluding carboxylic acids is 1. The van der Waals surface area contributed by atoms with E-state index in [1.807, 2.05) is 0 Å². The molecule has 0 unspecified atom stereocenters. The molecule has 2 heterocycles. The van der Waals surface area contributed by atoms with Crippen molar-refractivity contribution in [1.82, 2.24) is 4.98 Å². The fraction of sp³-hybridized carbons (Fsp3) is 0.286. The maximum absolute atomic E-state index is 13.1. The molecule has 21 heavy (non-hydrogen) atoms. The Morgan fingerprint density at radius 2 is 2.10 bits per heavy atom. The van der Waals surface area contributed by atoms with E-state index in [0.717, 1.165) is 4.47 Å². The third-order valence-corrected chi connectivity index (χ3v) is 4.05. The first-order valence-electron chi connectivity index (χ1n) is 6.31. The number of fused-ring (bicyclic) bond motifs is 1. The molecule has 1 aliphatic heterocycles. The molecule has 2 N–H and O–H groups in total. The minimum atomic E-state index is -2.70. The highest BCUT2D eigenvalue weighted by atomic mass is 79.9. The van der Waals surface area contributed by atoms with Crippen molar-refractivity contribution in [2.45, 2.75) is 12.8 Å². The molecule has 7 heteroatoms. The summed E-state index contributed by atoms with van der Waals surface area (Å²) >= 11 is 3.34. The van der Waals surface area contributed by atoms with Crippen molar-refractivity contribution in [3.05, 3.63) is 33.8 Å². The van der Waals surface area contributed by atoms with Crippen molar-refractivity contribution in [2.75, 3.05) is 18.0 Å². The largest absolute Gasteiger partial charge is 0.366 e. The molecule has 1 aromatic carbocycles. The van der Waals surface area contributed by atoms with Gasteiger partial charge in [-0.1, -0.05) is 15.9 Å². The zero-order valence-electron chi connectivity index (χ0n) is 11.2. The van der Waals surface area contributed by atoms with E-state index in [2.05, 4.69) is 20.9 Å². The Morgan fingerprint density at radius 1 is 1.43 bits per heavy atom. The van der Waals surface area contributed by atoms with Gasteiger partial charge in [-0.25, -0.2) is 13.8 Å². The lowest BCUT2D eigenvalue weighted by Gasteiger charge is -2.40. The lowest BCUT2D eigenvalue weighted by Crippen LogP contribution is -2.57. The van der Waals surface area contributed by atoms with Gasteiger partial charge < -0.3 is 10.6 Å². The molecule has 1 aliphatic rings. The first-order chi connectivity index (χ1) is 9.78. The minimum absolute atomic E-state index is 0.325. The lowest BCUT2D eigenvalue weighted by atomic mass is 10.0. The van der Waals surface area contributed by atoms with Crippen LogP contribution in [0.15, 0.2) is 22.7 Å². The van der Waals surface area contributed by atoms with Gasteiger partial charge in [0, 0.05) is 15.4 Å². The van der Waals surface area contributed by atoms with E-state index in [-0.39, 0.29) is 13.1 Å². The van der Waals surface area contributed by atoms with Gasteiger partial charge in [0.15, 0.2) is 0 Å². The van der Waals surface area contributed by atoms with Gasteiger partial charge in [0.2, 0.25) is 5.91 Å². The second-order valence-electron chi connectivity index (χ2n) is 5.17. The van der Waals surface area contributed by atoms with Gasteiger partial charge in [0.1, 0.15) is 5.82 Å². The van der Waals surface area contributed by atoms with Crippen LogP contribution in [0.3, 0.4) is 0 Å². The predicted octanol–water partition coefficient (Wildman–Crippen LogP) is 2.86. The van der Waals surface area contributed by atoms with Gasteiger partial charge in [-0.2, -0.15) is 0 Å². The number of halogens is 3. The van der Waals surface area contributed by atoms with E-state index in [4.69, 9.17) is 5.73 Å². The number of nitrogens with two attached hydrogens (primary N) is 1. The number of pyridine rings is 1. The molecule has 0 atom stereocenters. The number of anilines is 1. The smallest absolute Gasteiger partial charge is 0.282 e. The van der Waals surface area contributed by atoms with Gasteiger partial charge in [-0.15, -0.1) is 0 Å². The van der Waals surface area contributed by atoms with Crippen molar-refractivity contribution in [2.24, 2.45) is 5.73 Å². The van der Waals surface area contributed by atoms with Gasteiger partial charge in [0.05, 0.1) is 24.2 Å². The molecule has 1 aromatic heterocycles. The number of nitrogens with zero attached hydrogens (tertiary/aromatic N) is 2. The van der Waals surface area contributed by atoms with E-state index in [1.165, 1.54) is 4.90 Å². The Bertz CT molecular complexity index is 755. The quantitative estimate of drug-likeness (QED) is 0.900. The minimum Gasteiger partial charge on any atom is -0.366 e. The monoisotopic (exact) mass is 355 g/mol. The highest BCUT2D eigenvalue weighted by molar-refractivity contribution is 9.10. The normalized spacial score (nSPS) is 16.9. The van der Waals surface area contributed by atoms with Crippen molar-refractivity contribution in [3.63, 3.8) is 0 Å². The van der Waals surface area contributed by atoms with Crippen LogP contribution < -0.4 is 10.6 Å². The molecule has 0 spiro atoms. The predicted molar refractivity (Wildman–Crippen MR) is 79.9 cm³/mol. The Hall–Kier alpha value is -1.76. The first-order valence-corrected chi connectivity index (χ1v) is 7.10. The Labute approximate surface area is 128 Å². The summed E-state index contributed by atoms with van der Waals surface area (Å²) in [5.74, 6) is -2.90. The second kappa shape index (κ2) is 4.62. The zero-order chi connectivity index (χ0) is 15.4. The molecular weight excluding hydrogens is 344 g/mol. The number of alkyl halides is 2. The van der Waals surface area contributed by atoms with Gasteiger partial charge in [-0.3, -0.25) is 4.79 Å². The fourth-order valence-corrected chi connectivity index (χ4v) is 2.97. The van der Waals surface area contributed by atoms with Crippen molar-refractivity contribution in [1.29, 1.82) is 0 Å². The topological polar surface area (TPSA) is 59.2 Å². The molecule has 1 amide bonds. The number of hydrogen-bond acceptors (Lipinski definition) is 3. The standard InChI is InChI=1S/C14H12BrF2N3O/c1-7-11(12(18)21)9-4-8(15)2-3-10(9)19-13(7)20-5-14(16,17)6-20/h2-4H,5-6H2,1H3,(H2,18,21). The fourth-order valence-electron chi connectivity index (χ4n) is 2.61. The molecule has 3 rings (SSSR count). The highest BCUT2D eigenvalue weighted by Gasteiger charge is 2.45. The number of aromatic nitrogens is 1. The highest BCUT2D eigenvalue weighted by Crippen LogP contribution is 2.36. The summed E-state index contributed by atoms with van der Waals surface area (Å²) in [6.45, 7) is 0.904. The Morgan fingerprint density at radius 3 is 2.67 bits per heavy atom. The van der Waals surface area contributed by atoms with Crippen LogP contribution in [-0.2, 0) is 0 Å². The number of primary amides is 1. The molecule has 0 aliphatic carbocycles. The summed E-state index contributed by atoms with van der Waals surface area (Å²) in [7, 11) is 0. The van der Waals surface area contributed by atoms with Crippen LogP contribution in [-0.4, -0.2) is 29.9 Å². The number of carbonyl (C=O) groups is 1. The summed E-state index contributed by atoms with van der Waals surface area (Å²) < 4.78 is 26.9. The van der Waals surface area contributed by atoms with Crippen LogP contribution in [0.25, 0.3) is 10.9 Å². The lowest BCUT2D eigenvalue weighted by molar-refractivity contribution is -0.0267. The maximum Gasteiger partial charge on any atom is 0.282 e. The molecule has 0 radical (unpaired) electrons. The van der Waals surface area contributed by atoms with Crippen LogP contribution >= 0.6 is 15.9 Å². The molecule has 0 bridgehead atoms. The van der Waals surface area contributed by atoms with E-state index in [9.17, 15) is 13.6 Å². The summed E-state index contributed by atoms with van der Waals surface area (Å²) in [4.78, 5) is 17.6. The molecular formula is C14H12BrF2N3O. The van der Waals surface area contributed by atoms with Crippen molar-refractivity contribution >= 4 is 38.6 Å². The number of hydrogen-bond donors (Lipinski definition) is 1. The van der Waals surface area contributed by atoms with Crippen LogP contribution in [0.1, 0.15) is 15.9 Å². The molecule has 4 nitrogen and oxygen atoms in total. The van der Waals surface area contributed by atoms with Crippen LogP contribution in [0, 0.1) is 6.92 Å². The SMILES string of the molecule is Cc1c(N2CC(F)(F)C2)nc2ccc(Br)cc2c1C(N)=O. The first kappa shape index (κ1) is 14.2.